The molecule has 146 valence electrons. The Hall–Kier alpha value is -2.40. The monoisotopic (exact) mass is 392 g/mol. The van der Waals surface area contributed by atoms with Crippen molar-refractivity contribution in [3.63, 3.8) is 0 Å². The van der Waals surface area contributed by atoms with Crippen molar-refractivity contribution < 1.29 is 14.6 Å². The molecule has 3 aromatic carbocycles. The van der Waals surface area contributed by atoms with Crippen LogP contribution >= 0.6 is 0 Å². The summed E-state index contributed by atoms with van der Waals surface area (Å²) in [4.78, 5) is 12.3. The first-order chi connectivity index (χ1) is 13.4. The molecule has 0 saturated carbocycles. The van der Waals surface area contributed by atoms with Gasteiger partial charge in [0.25, 0.3) is 8.32 Å². The van der Waals surface area contributed by atoms with Gasteiger partial charge in [-0.15, -0.1) is 0 Å². The molecule has 0 aliphatic heterocycles. The summed E-state index contributed by atoms with van der Waals surface area (Å²) >= 11 is 0. The van der Waals surface area contributed by atoms with Gasteiger partial charge in [-0.2, -0.15) is 0 Å². The van der Waals surface area contributed by atoms with Gasteiger partial charge in [0.1, 0.15) is 5.75 Å². The average Bonchev–Trinajstić information content (AvgIpc) is 2.74. The maximum Gasteiger partial charge on any atom is 0.258 e. The zero-order valence-electron chi connectivity index (χ0n) is 16.7. The highest BCUT2D eigenvalue weighted by molar-refractivity contribution is 6.98. The predicted octanol–water partition coefficient (Wildman–Crippen LogP) is 3.26. The van der Waals surface area contributed by atoms with Crippen molar-refractivity contribution in [3.05, 3.63) is 90.0 Å². The minimum Gasteiger partial charge on any atom is -0.496 e. The van der Waals surface area contributed by atoms with Gasteiger partial charge in [0.15, 0.2) is 0 Å². The summed E-state index contributed by atoms with van der Waals surface area (Å²) in [6.45, 7) is 4.24. The van der Waals surface area contributed by atoms with Crippen LogP contribution < -0.4 is 15.1 Å². The Morgan fingerprint density at radius 3 is 1.86 bits per heavy atom. The highest BCUT2D eigenvalue weighted by atomic mass is 28.4. The molecule has 0 atom stereocenters. The van der Waals surface area contributed by atoms with Crippen LogP contribution in [0.4, 0.5) is 0 Å². The third-order valence-electron chi connectivity index (χ3n) is 5.52. The molecule has 0 spiro atoms. The van der Waals surface area contributed by atoms with Gasteiger partial charge in [-0.3, -0.25) is 0 Å². The van der Waals surface area contributed by atoms with Gasteiger partial charge in [0.2, 0.25) is 0 Å². The van der Waals surface area contributed by atoms with E-state index < -0.39 is 13.4 Å². The van der Waals surface area contributed by atoms with Crippen molar-refractivity contribution in [2.75, 3.05) is 7.11 Å². The summed E-state index contributed by atoms with van der Waals surface area (Å²) in [6.07, 6.45) is 0.635. The van der Waals surface area contributed by atoms with Crippen LogP contribution in [0, 0.1) is 0 Å². The van der Waals surface area contributed by atoms with E-state index in [0.717, 1.165) is 27.2 Å². The molecule has 2 N–H and O–H groups in total. The number of ether oxygens (including phenoxy) is 1. The van der Waals surface area contributed by atoms with E-state index in [0.29, 0.717) is 6.42 Å². The predicted molar refractivity (Wildman–Crippen MR) is 117 cm³/mol. The highest BCUT2D eigenvalue weighted by Gasteiger charge is 2.50. The number of methoxy groups -OCH3 is 1. The van der Waals surface area contributed by atoms with Crippen LogP contribution in [0.3, 0.4) is 0 Å². The number of benzene rings is 3. The van der Waals surface area contributed by atoms with Crippen molar-refractivity contribution in [1.82, 2.24) is 0 Å². The molecule has 0 heterocycles. The molecule has 0 amide bonds. The Morgan fingerprint density at radius 1 is 0.857 bits per heavy atom. The number of hydrogen-bond donors (Lipinski definition) is 2. The van der Waals surface area contributed by atoms with Crippen molar-refractivity contribution in [2.24, 2.45) is 0 Å². The number of aliphatic hydroxyl groups excluding tert-OH is 1. The van der Waals surface area contributed by atoms with E-state index in [1.165, 1.54) is 0 Å². The summed E-state index contributed by atoms with van der Waals surface area (Å²) in [6, 6.07) is 25.8. The van der Waals surface area contributed by atoms with Crippen LogP contribution in [0.1, 0.15) is 25.0 Å². The van der Waals surface area contributed by atoms with E-state index in [1.807, 2.05) is 78.9 Å². The van der Waals surface area contributed by atoms with E-state index in [-0.39, 0.29) is 6.61 Å². The van der Waals surface area contributed by atoms with Crippen LogP contribution in [-0.2, 0) is 13.0 Å². The molecular weight excluding hydrogens is 364 g/mol. The number of hydrogen-bond acceptors (Lipinski definition) is 3. The standard InChI is InChI=1S/C24H28O3Si/c1-24(2,17-20-16-19(18-25)14-15-23(20)27-3)28(26,21-10-6-4-7-11-21)22-12-8-5-9-13-22/h4-16,25-26H,17-18H2,1-3H3. The quantitative estimate of drug-likeness (QED) is 0.607. The van der Waals surface area contributed by atoms with Gasteiger partial charge in [-0.25, -0.2) is 0 Å². The zero-order chi connectivity index (χ0) is 20.2. The summed E-state index contributed by atoms with van der Waals surface area (Å²) in [5.74, 6) is 0.780. The Kier molecular flexibility index (Phi) is 6.03. The Labute approximate surface area is 168 Å². The SMILES string of the molecule is COc1ccc(CO)cc1CC(C)(C)[Si](O)(c1ccccc1)c1ccccc1. The van der Waals surface area contributed by atoms with Crippen LogP contribution in [-0.4, -0.2) is 25.3 Å². The van der Waals surface area contributed by atoms with E-state index in [9.17, 15) is 9.90 Å². The molecule has 0 unspecified atom stereocenters. The number of aliphatic hydroxyl groups is 1. The van der Waals surface area contributed by atoms with Crippen LogP contribution in [0.15, 0.2) is 78.9 Å². The normalized spacial score (nSPS) is 12.0. The van der Waals surface area contributed by atoms with Crippen molar-refractivity contribution in [2.45, 2.75) is 31.9 Å². The van der Waals surface area contributed by atoms with E-state index in [4.69, 9.17) is 4.74 Å². The Bertz CT molecular complexity index is 868. The highest BCUT2D eigenvalue weighted by Crippen LogP contribution is 2.40. The summed E-state index contributed by atoms with van der Waals surface area (Å²) < 4.78 is 5.57. The zero-order valence-corrected chi connectivity index (χ0v) is 17.7. The van der Waals surface area contributed by atoms with Gasteiger partial charge in [-0.05, 0) is 45.1 Å². The van der Waals surface area contributed by atoms with Crippen molar-refractivity contribution in [1.29, 1.82) is 0 Å². The lowest BCUT2D eigenvalue weighted by Crippen LogP contribution is -2.65. The lowest BCUT2D eigenvalue weighted by atomic mass is 9.99. The number of rotatable bonds is 7. The van der Waals surface area contributed by atoms with E-state index in [2.05, 4.69) is 13.8 Å². The van der Waals surface area contributed by atoms with Crippen LogP contribution in [0.5, 0.6) is 5.75 Å². The fourth-order valence-electron chi connectivity index (χ4n) is 3.98. The van der Waals surface area contributed by atoms with Crippen LogP contribution in [0.2, 0.25) is 5.04 Å². The second kappa shape index (κ2) is 8.31. The van der Waals surface area contributed by atoms with Gasteiger partial charge < -0.3 is 14.6 Å². The summed E-state index contributed by atoms with van der Waals surface area (Å²) in [7, 11) is -1.44. The molecule has 0 bridgehead atoms. The molecule has 0 radical (unpaired) electrons. The summed E-state index contributed by atoms with van der Waals surface area (Å²) in [5.41, 5.74) is 1.84. The van der Waals surface area contributed by atoms with Gasteiger partial charge in [-0.1, -0.05) is 80.6 Å². The fourth-order valence-corrected chi connectivity index (χ4v) is 7.67. The molecule has 0 aromatic heterocycles. The molecule has 3 aromatic rings. The molecule has 28 heavy (non-hydrogen) atoms. The second-order valence-corrected chi connectivity index (χ2v) is 11.7. The average molecular weight is 393 g/mol. The molecule has 3 rings (SSSR count). The van der Waals surface area contributed by atoms with E-state index in [1.54, 1.807) is 7.11 Å². The third-order valence-corrected chi connectivity index (χ3v) is 10.00. The minimum absolute atomic E-state index is 0.0174. The smallest absolute Gasteiger partial charge is 0.258 e. The fraction of sp³-hybridized carbons (Fsp3) is 0.250. The first-order valence-electron chi connectivity index (χ1n) is 9.52. The second-order valence-electron chi connectivity index (χ2n) is 7.81. The van der Waals surface area contributed by atoms with E-state index >= 15 is 0 Å². The largest absolute Gasteiger partial charge is 0.496 e. The Balaban J connectivity index is 2.12. The van der Waals surface area contributed by atoms with Gasteiger partial charge >= 0.3 is 0 Å². The summed E-state index contributed by atoms with van der Waals surface area (Å²) in [5, 5.41) is 11.1. The molecular formula is C24H28O3Si. The topological polar surface area (TPSA) is 49.7 Å². The maximum absolute atomic E-state index is 12.3. The van der Waals surface area contributed by atoms with Crippen LogP contribution in [0.25, 0.3) is 0 Å². The maximum atomic E-state index is 12.3. The van der Waals surface area contributed by atoms with Gasteiger partial charge in [0, 0.05) is 0 Å². The lowest BCUT2D eigenvalue weighted by Gasteiger charge is -2.41. The first-order valence-corrected chi connectivity index (χ1v) is 11.5. The molecule has 3 nitrogen and oxygen atoms in total. The lowest BCUT2D eigenvalue weighted by molar-refractivity contribution is 0.281. The first kappa shape index (κ1) is 20.3. The molecule has 0 aliphatic carbocycles. The molecule has 0 saturated heterocycles. The minimum atomic E-state index is -3.09. The third kappa shape index (κ3) is 3.76. The van der Waals surface area contributed by atoms with Crippen molar-refractivity contribution >= 4 is 18.7 Å². The Morgan fingerprint density at radius 2 is 1.39 bits per heavy atom. The molecule has 0 fully saturated rings. The molecule has 4 heteroatoms. The van der Waals surface area contributed by atoms with Crippen molar-refractivity contribution in [3.8, 4) is 5.75 Å². The molecule has 0 aliphatic rings. The van der Waals surface area contributed by atoms with Gasteiger partial charge in [0.05, 0.1) is 13.7 Å².